The van der Waals surface area contributed by atoms with Crippen LogP contribution in [0.2, 0.25) is 0 Å². The summed E-state index contributed by atoms with van der Waals surface area (Å²) in [5, 5.41) is 5.00. The number of hydrogen-bond acceptors (Lipinski definition) is 4. The summed E-state index contributed by atoms with van der Waals surface area (Å²) >= 11 is 1.82. The lowest BCUT2D eigenvalue weighted by Gasteiger charge is -2.05. The van der Waals surface area contributed by atoms with E-state index in [2.05, 4.69) is 80.2 Å². The summed E-state index contributed by atoms with van der Waals surface area (Å²) in [6.45, 7) is 0. The molecule has 5 heteroatoms. The topological polar surface area (TPSA) is 43.6 Å². The SMILES string of the molecule is c1ccc2c(c1)sc1c2ccc2c3ccccc3n(-c3ncncn3)c21. The largest absolute Gasteiger partial charge is 0.276 e. The zero-order chi connectivity index (χ0) is 17.1. The minimum absolute atomic E-state index is 0.649. The molecule has 0 radical (unpaired) electrons. The van der Waals surface area contributed by atoms with Gasteiger partial charge in [-0.2, -0.15) is 0 Å². The van der Waals surface area contributed by atoms with Crippen LogP contribution in [-0.2, 0) is 0 Å². The fraction of sp³-hybridized carbons (Fsp3) is 0. The second-order valence-corrected chi connectivity index (χ2v) is 7.28. The van der Waals surface area contributed by atoms with Gasteiger partial charge < -0.3 is 0 Å². The van der Waals surface area contributed by atoms with Crippen LogP contribution in [0.25, 0.3) is 47.9 Å². The average molecular weight is 352 g/mol. The van der Waals surface area contributed by atoms with Gasteiger partial charge in [-0.15, -0.1) is 11.3 Å². The molecule has 6 aromatic rings. The van der Waals surface area contributed by atoms with Gasteiger partial charge in [0.15, 0.2) is 0 Å². The quantitative estimate of drug-likeness (QED) is 0.401. The fourth-order valence-electron chi connectivity index (χ4n) is 3.79. The molecule has 0 aliphatic carbocycles. The number of hydrogen-bond donors (Lipinski definition) is 0. The predicted molar refractivity (Wildman–Crippen MR) is 107 cm³/mol. The molecule has 0 aliphatic heterocycles. The van der Waals surface area contributed by atoms with Gasteiger partial charge in [-0.25, -0.2) is 15.0 Å². The van der Waals surface area contributed by atoms with Gasteiger partial charge in [-0.3, -0.25) is 4.57 Å². The van der Waals surface area contributed by atoms with Crippen LogP contribution in [0, 0.1) is 0 Å². The minimum atomic E-state index is 0.649. The molecule has 3 aromatic heterocycles. The van der Waals surface area contributed by atoms with Gasteiger partial charge in [0.25, 0.3) is 0 Å². The Labute approximate surface area is 152 Å². The third-order valence-electron chi connectivity index (χ3n) is 4.86. The van der Waals surface area contributed by atoms with Gasteiger partial charge in [-0.1, -0.05) is 48.5 Å². The fourth-order valence-corrected chi connectivity index (χ4v) is 5.03. The highest BCUT2D eigenvalue weighted by molar-refractivity contribution is 7.26. The molecule has 6 rings (SSSR count). The summed E-state index contributed by atoms with van der Waals surface area (Å²) < 4.78 is 4.71. The van der Waals surface area contributed by atoms with Gasteiger partial charge in [0.2, 0.25) is 5.95 Å². The Bertz CT molecular complexity index is 1430. The van der Waals surface area contributed by atoms with E-state index in [-0.39, 0.29) is 0 Å². The van der Waals surface area contributed by atoms with Gasteiger partial charge in [-0.05, 0) is 12.1 Å². The van der Waals surface area contributed by atoms with Crippen LogP contribution < -0.4 is 0 Å². The standard InChI is InChI=1S/C21H12N4S/c1-3-7-17-13(5-1)15-9-10-16-14-6-2-4-8-18(14)26-20(16)19(15)25(17)21-23-11-22-12-24-21/h1-12H. The Balaban J connectivity index is 1.92. The van der Waals surface area contributed by atoms with Crippen LogP contribution >= 0.6 is 11.3 Å². The minimum Gasteiger partial charge on any atom is -0.276 e. The summed E-state index contributed by atoms with van der Waals surface area (Å²) in [6.07, 6.45) is 3.10. The molecule has 26 heavy (non-hydrogen) atoms. The Morgan fingerprint density at radius 3 is 2.31 bits per heavy atom. The van der Waals surface area contributed by atoms with Crippen molar-refractivity contribution < 1.29 is 0 Å². The second-order valence-electron chi connectivity index (χ2n) is 6.23. The summed E-state index contributed by atoms with van der Waals surface area (Å²) in [7, 11) is 0. The summed E-state index contributed by atoms with van der Waals surface area (Å²) in [5.41, 5.74) is 2.27. The highest BCUT2D eigenvalue weighted by Gasteiger charge is 2.18. The normalized spacial score (nSPS) is 11.8. The van der Waals surface area contributed by atoms with E-state index in [0.29, 0.717) is 5.95 Å². The lowest BCUT2D eigenvalue weighted by Crippen LogP contribution is -2.00. The molecule has 3 heterocycles. The smallest absolute Gasteiger partial charge is 0.237 e. The second kappa shape index (κ2) is 5.09. The number of fused-ring (bicyclic) bond motifs is 7. The van der Waals surface area contributed by atoms with Crippen LogP contribution in [0.15, 0.2) is 73.3 Å². The van der Waals surface area contributed by atoms with E-state index >= 15 is 0 Å². The van der Waals surface area contributed by atoms with E-state index < -0.39 is 0 Å². The van der Waals surface area contributed by atoms with Gasteiger partial charge in [0.05, 0.1) is 15.7 Å². The maximum Gasteiger partial charge on any atom is 0.237 e. The lowest BCUT2D eigenvalue weighted by atomic mass is 10.1. The van der Waals surface area contributed by atoms with Gasteiger partial charge >= 0.3 is 0 Å². The summed E-state index contributed by atoms with van der Waals surface area (Å²) in [6, 6.07) is 21.4. The van der Waals surface area contributed by atoms with E-state index in [9.17, 15) is 0 Å². The Morgan fingerprint density at radius 1 is 0.692 bits per heavy atom. The van der Waals surface area contributed by atoms with Crippen LogP contribution in [0.1, 0.15) is 0 Å². The number of rotatable bonds is 1. The molecule has 0 N–H and O–H groups in total. The van der Waals surface area contributed by atoms with Crippen molar-refractivity contribution in [2.45, 2.75) is 0 Å². The summed E-state index contributed by atoms with van der Waals surface area (Å²) in [4.78, 5) is 12.8. The average Bonchev–Trinajstić information content (AvgIpc) is 3.24. The van der Waals surface area contributed by atoms with Crippen LogP contribution in [0.4, 0.5) is 0 Å². The Hall–Kier alpha value is -3.31. The first-order valence-corrected chi connectivity index (χ1v) is 9.19. The molecular weight excluding hydrogens is 340 g/mol. The zero-order valence-corrected chi connectivity index (χ0v) is 14.4. The van der Waals surface area contributed by atoms with Crippen molar-refractivity contribution in [3.05, 3.63) is 73.3 Å². The van der Waals surface area contributed by atoms with Crippen molar-refractivity contribution in [1.82, 2.24) is 19.5 Å². The molecule has 0 fully saturated rings. The number of nitrogens with zero attached hydrogens (tertiary/aromatic N) is 4. The highest BCUT2D eigenvalue weighted by Crippen LogP contribution is 2.42. The van der Waals surface area contributed by atoms with E-state index in [1.165, 1.54) is 30.9 Å². The maximum absolute atomic E-state index is 4.43. The molecule has 0 aliphatic rings. The molecular formula is C21H12N4S. The molecule has 0 spiro atoms. The third-order valence-corrected chi connectivity index (χ3v) is 6.05. The van der Waals surface area contributed by atoms with E-state index in [1.807, 2.05) is 11.3 Å². The van der Waals surface area contributed by atoms with Crippen LogP contribution in [0.3, 0.4) is 0 Å². The van der Waals surface area contributed by atoms with Gasteiger partial charge in [0, 0.05) is 26.2 Å². The van der Waals surface area contributed by atoms with E-state index in [4.69, 9.17) is 0 Å². The van der Waals surface area contributed by atoms with Crippen molar-refractivity contribution in [3.8, 4) is 5.95 Å². The molecule has 0 saturated heterocycles. The van der Waals surface area contributed by atoms with Crippen molar-refractivity contribution >= 4 is 53.3 Å². The van der Waals surface area contributed by atoms with Crippen molar-refractivity contribution in [1.29, 1.82) is 0 Å². The van der Waals surface area contributed by atoms with Crippen LogP contribution in [-0.4, -0.2) is 19.5 Å². The molecule has 0 bridgehead atoms. The Morgan fingerprint density at radius 2 is 1.42 bits per heavy atom. The molecule has 122 valence electrons. The van der Waals surface area contributed by atoms with Crippen molar-refractivity contribution in [2.75, 3.05) is 0 Å². The van der Waals surface area contributed by atoms with E-state index in [0.717, 1.165) is 11.0 Å². The first-order chi connectivity index (χ1) is 12.9. The van der Waals surface area contributed by atoms with Crippen molar-refractivity contribution in [2.24, 2.45) is 0 Å². The zero-order valence-electron chi connectivity index (χ0n) is 13.6. The molecule has 0 saturated carbocycles. The molecule has 0 unspecified atom stereocenters. The predicted octanol–water partition coefficient (Wildman–Crippen LogP) is 5.34. The third kappa shape index (κ3) is 1.75. The maximum atomic E-state index is 4.43. The lowest BCUT2D eigenvalue weighted by molar-refractivity contribution is 0.941. The molecule has 0 amide bonds. The van der Waals surface area contributed by atoms with Crippen LogP contribution in [0.5, 0.6) is 0 Å². The number of para-hydroxylation sites is 1. The number of aromatic nitrogens is 4. The van der Waals surface area contributed by atoms with Crippen molar-refractivity contribution in [3.63, 3.8) is 0 Å². The Kier molecular flexibility index (Phi) is 2.73. The number of benzene rings is 3. The molecule has 3 aromatic carbocycles. The van der Waals surface area contributed by atoms with E-state index in [1.54, 1.807) is 12.7 Å². The molecule has 4 nitrogen and oxygen atoms in total. The highest BCUT2D eigenvalue weighted by atomic mass is 32.1. The van der Waals surface area contributed by atoms with Gasteiger partial charge in [0.1, 0.15) is 12.7 Å². The number of thiophene rings is 1. The first-order valence-electron chi connectivity index (χ1n) is 8.37. The monoisotopic (exact) mass is 352 g/mol. The molecule has 0 atom stereocenters. The first kappa shape index (κ1) is 13.9. The summed E-state index contributed by atoms with van der Waals surface area (Å²) in [5.74, 6) is 0.649.